The summed E-state index contributed by atoms with van der Waals surface area (Å²) in [6.07, 6.45) is 0. The molecule has 2 aromatic carbocycles. The highest BCUT2D eigenvalue weighted by Crippen LogP contribution is 2.36. The first-order valence-corrected chi connectivity index (χ1v) is 7.08. The van der Waals surface area contributed by atoms with E-state index in [0.717, 1.165) is 8.27 Å². The lowest BCUT2D eigenvalue weighted by atomic mass is 10.2. The van der Waals surface area contributed by atoms with Crippen LogP contribution in [0.1, 0.15) is 0 Å². The lowest BCUT2D eigenvalue weighted by Crippen LogP contribution is -1.79. The number of benzene rings is 2. The number of aromatic hydroxyl groups is 1. The molecule has 0 fully saturated rings. The molecule has 3 aromatic rings. The van der Waals surface area contributed by atoms with Crippen LogP contribution in [0.15, 0.2) is 36.4 Å². The van der Waals surface area contributed by atoms with Gasteiger partial charge in [0, 0.05) is 9.64 Å². The number of hydrogen-bond donors (Lipinski definition) is 1. The van der Waals surface area contributed by atoms with Crippen LogP contribution < -0.4 is 0 Å². The molecule has 0 aliphatic heterocycles. The van der Waals surface area contributed by atoms with Crippen LogP contribution in [0.3, 0.4) is 0 Å². The molecule has 0 aliphatic carbocycles. The van der Waals surface area contributed by atoms with Crippen molar-refractivity contribution in [3.63, 3.8) is 0 Å². The Morgan fingerprint density at radius 1 is 1.17 bits per heavy atom. The number of phenols is 1. The Morgan fingerprint density at radius 3 is 2.83 bits per heavy atom. The molecule has 0 aliphatic rings. The summed E-state index contributed by atoms with van der Waals surface area (Å²) >= 11 is 3.62. The summed E-state index contributed by atoms with van der Waals surface area (Å²) in [4.78, 5) is 4.36. The molecule has 0 spiro atoms. The summed E-state index contributed by atoms with van der Waals surface area (Å²) in [5.74, 6) is -0.110. The Bertz CT molecular complexity index is 741. The van der Waals surface area contributed by atoms with Crippen molar-refractivity contribution in [1.29, 1.82) is 0 Å². The third-order valence-corrected chi connectivity index (χ3v) is 4.28. The maximum Gasteiger partial charge on any atom is 0.128 e. The average molecular weight is 371 g/mol. The van der Waals surface area contributed by atoms with E-state index in [0.29, 0.717) is 16.1 Å². The molecule has 0 unspecified atom stereocenters. The van der Waals surface area contributed by atoms with Crippen LogP contribution in [0, 0.1) is 9.39 Å². The Hall–Kier alpha value is -1.21. The molecular weight excluding hydrogens is 364 g/mol. The quantitative estimate of drug-likeness (QED) is 0.643. The third-order valence-electron chi connectivity index (χ3n) is 2.54. The first kappa shape index (κ1) is 11.9. The van der Waals surface area contributed by atoms with Gasteiger partial charge in [-0.2, -0.15) is 0 Å². The van der Waals surface area contributed by atoms with E-state index in [1.54, 1.807) is 12.1 Å². The molecule has 1 aromatic heterocycles. The smallest absolute Gasteiger partial charge is 0.128 e. The number of thiazole rings is 1. The molecule has 1 heterocycles. The first-order valence-electron chi connectivity index (χ1n) is 5.18. The van der Waals surface area contributed by atoms with E-state index in [1.165, 1.54) is 23.5 Å². The highest BCUT2D eigenvalue weighted by molar-refractivity contribution is 14.1. The molecule has 1 N–H and O–H groups in total. The normalized spacial score (nSPS) is 11.0. The van der Waals surface area contributed by atoms with Gasteiger partial charge in [0.05, 0.1) is 15.8 Å². The van der Waals surface area contributed by atoms with Gasteiger partial charge in [0.15, 0.2) is 0 Å². The van der Waals surface area contributed by atoms with E-state index in [1.807, 2.05) is 12.1 Å². The van der Waals surface area contributed by atoms with Crippen LogP contribution in [0.5, 0.6) is 5.75 Å². The van der Waals surface area contributed by atoms with Crippen molar-refractivity contribution in [1.82, 2.24) is 4.98 Å². The van der Waals surface area contributed by atoms with Crippen molar-refractivity contribution in [2.24, 2.45) is 0 Å². The average Bonchev–Trinajstić information content (AvgIpc) is 2.74. The maximum atomic E-state index is 13.1. The van der Waals surface area contributed by atoms with E-state index < -0.39 is 0 Å². The van der Waals surface area contributed by atoms with E-state index in [4.69, 9.17) is 0 Å². The minimum absolute atomic E-state index is 0.190. The largest absolute Gasteiger partial charge is 0.507 e. The zero-order chi connectivity index (χ0) is 12.7. The van der Waals surface area contributed by atoms with E-state index >= 15 is 0 Å². The number of rotatable bonds is 1. The van der Waals surface area contributed by atoms with E-state index in [2.05, 4.69) is 27.6 Å². The van der Waals surface area contributed by atoms with Gasteiger partial charge in [-0.25, -0.2) is 9.37 Å². The van der Waals surface area contributed by atoms with Gasteiger partial charge in [0.1, 0.15) is 16.6 Å². The van der Waals surface area contributed by atoms with Crippen LogP contribution in [0.25, 0.3) is 20.8 Å². The minimum atomic E-state index is -0.300. The summed E-state index contributed by atoms with van der Waals surface area (Å²) in [7, 11) is 0. The second kappa shape index (κ2) is 4.47. The molecule has 3 rings (SSSR count). The Labute approximate surface area is 120 Å². The lowest BCUT2D eigenvalue weighted by Gasteiger charge is -2.00. The second-order valence-corrected chi connectivity index (χ2v) is 6.07. The summed E-state index contributed by atoms with van der Waals surface area (Å²) in [6, 6.07) is 9.86. The Morgan fingerprint density at radius 2 is 2.00 bits per heavy atom. The molecule has 0 bridgehead atoms. The van der Waals surface area contributed by atoms with Crippen molar-refractivity contribution in [3.8, 4) is 16.3 Å². The van der Waals surface area contributed by atoms with Crippen LogP contribution in [0.4, 0.5) is 4.39 Å². The predicted octanol–water partition coefficient (Wildman–Crippen LogP) is 4.41. The monoisotopic (exact) mass is 371 g/mol. The molecule has 90 valence electrons. The summed E-state index contributed by atoms with van der Waals surface area (Å²) in [5.41, 5.74) is 1.30. The molecular formula is C13H7FINOS. The Balaban J connectivity index is 2.22. The van der Waals surface area contributed by atoms with Gasteiger partial charge in [-0.3, -0.25) is 0 Å². The van der Waals surface area contributed by atoms with Crippen molar-refractivity contribution >= 4 is 44.1 Å². The van der Waals surface area contributed by atoms with Gasteiger partial charge in [-0.1, -0.05) is 0 Å². The standard InChI is InChI=1S/C13H7FINOS/c14-7-1-4-12-10(5-7)16-13(18-12)9-6-8(15)2-3-11(9)17/h1-6,17H. The van der Waals surface area contributed by atoms with Crippen molar-refractivity contribution in [2.75, 3.05) is 0 Å². The van der Waals surface area contributed by atoms with Gasteiger partial charge < -0.3 is 5.11 Å². The van der Waals surface area contributed by atoms with Crippen LogP contribution in [-0.2, 0) is 0 Å². The number of fused-ring (bicyclic) bond motifs is 1. The van der Waals surface area contributed by atoms with Crippen molar-refractivity contribution in [2.45, 2.75) is 0 Å². The maximum absolute atomic E-state index is 13.1. The van der Waals surface area contributed by atoms with Crippen molar-refractivity contribution in [3.05, 3.63) is 45.8 Å². The number of halogens is 2. The van der Waals surface area contributed by atoms with Gasteiger partial charge >= 0.3 is 0 Å². The molecule has 0 radical (unpaired) electrons. The molecule has 0 atom stereocenters. The SMILES string of the molecule is Oc1ccc(I)cc1-c1nc2cc(F)ccc2s1. The zero-order valence-electron chi connectivity index (χ0n) is 9.02. The van der Waals surface area contributed by atoms with Gasteiger partial charge in [0.25, 0.3) is 0 Å². The fourth-order valence-corrected chi connectivity index (χ4v) is 3.16. The first-order chi connectivity index (χ1) is 8.63. The molecule has 5 heteroatoms. The molecule has 0 amide bonds. The van der Waals surface area contributed by atoms with E-state index in [9.17, 15) is 9.50 Å². The fourth-order valence-electron chi connectivity index (χ4n) is 1.70. The van der Waals surface area contributed by atoms with Crippen LogP contribution in [0.2, 0.25) is 0 Å². The third kappa shape index (κ3) is 2.08. The van der Waals surface area contributed by atoms with Crippen molar-refractivity contribution < 1.29 is 9.50 Å². The Kier molecular flexibility index (Phi) is 2.95. The van der Waals surface area contributed by atoms with Crippen LogP contribution >= 0.6 is 33.9 Å². The van der Waals surface area contributed by atoms with Gasteiger partial charge in [-0.15, -0.1) is 11.3 Å². The topological polar surface area (TPSA) is 33.1 Å². The number of aromatic nitrogens is 1. The van der Waals surface area contributed by atoms with Gasteiger partial charge in [0.2, 0.25) is 0 Å². The minimum Gasteiger partial charge on any atom is -0.507 e. The summed E-state index contributed by atoms with van der Waals surface area (Å²) in [5, 5.41) is 10.6. The lowest BCUT2D eigenvalue weighted by molar-refractivity contribution is 0.477. The zero-order valence-corrected chi connectivity index (χ0v) is 12.0. The van der Waals surface area contributed by atoms with E-state index in [-0.39, 0.29) is 11.6 Å². The highest BCUT2D eigenvalue weighted by Gasteiger charge is 2.11. The second-order valence-electron chi connectivity index (χ2n) is 3.79. The fraction of sp³-hybridized carbons (Fsp3) is 0. The predicted molar refractivity (Wildman–Crippen MR) is 79.4 cm³/mol. The molecule has 0 saturated heterocycles. The molecule has 0 saturated carbocycles. The highest BCUT2D eigenvalue weighted by atomic mass is 127. The number of hydrogen-bond acceptors (Lipinski definition) is 3. The van der Waals surface area contributed by atoms with Gasteiger partial charge in [-0.05, 0) is 52.9 Å². The molecule has 18 heavy (non-hydrogen) atoms. The number of nitrogens with zero attached hydrogens (tertiary/aromatic N) is 1. The van der Waals surface area contributed by atoms with Crippen LogP contribution in [-0.4, -0.2) is 10.1 Å². The summed E-state index contributed by atoms with van der Waals surface area (Å²) in [6.45, 7) is 0. The molecule has 2 nitrogen and oxygen atoms in total. The number of phenolic OH excluding ortho intramolecular Hbond substituents is 1. The summed E-state index contributed by atoms with van der Waals surface area (Å²) < 4.78 is 15.0.